The molecule has 3 rings (SSSR count). The Morgan fingerprint density at radius 3 is 2.15 bits per heavy atom. The fourth-order valence-corrected chi connectivity index (χ4v) is 2.73. The SMILES string of the molecule is Cc1ccc(C)c(C(=O)OCC(=O)c2ccc(-c3ccccc3)cc2)c1. The minimum Gasteiger partial charge on any atom is -0.454 e. The molecular weight excluding hydrogens is 324 g/mol. The van der Waals surface area contributed by atoms with Crippen molar-refractivity contribution in [3.8, 4) is 11.1 Å². The third-order valence-corrected chi connectivity index (χ3v) is 4.26. The minimum absolute atomic E-state index is 0.219. The van der Waals surface area contributed by atoms with Crippen LogP contribution in [0.3, 0.4) is 0 Å². The van der Waals surface area contributed by atoms with Gasteiger partial charge in [0.2, 0.25) is 0 Å². The Morgan fingerprint density at radius 2 is 1.46 bits per heavy atom. The number of hydrogen-bond acceptors (Lipinski definition) is 3. The highest BCUT2D eigenvalue weighted by molar-refractivity contribution is 6.00. The zero-order chi connectivity index (χ0) is 18.5. The first-order valence-electron chi connectivity index (χ1n) is 8.47. The van der Waals surface area contributed by atoms with E-state index >= 15 is 0 Å². The molecule has 0 aliphatic heterocycles. The number of Topliss-reactive ketones (excluding diaryl/α,β-unsaturated/α-hetero) is 1. The van der Waals surface area contributed by atoms with Crippen LogP contribution in [0.15, 0.2) is 72.8 Å². The quantitative estimate of drug-likeness (QED) is 0.483. The van der Waals surface area contributed by atoms with Crippen LogP contribution in [0.4, 0.5) is 0 Å². The van der Waals surface area contributed by atoms with Gasteiger partial charge in [-0.05, 0) is 36.6 Å². The molecule has 3 aromatic carbocycles. The van der Waals surface area contributed by atoms with Crippen molar-refractivity contribution in [2.75, 3.05) is 6.61 Å². The van der Waals surface area contributed by atoms with E-state index in [0.717, 1.165) is 22.3 Å². The third-order valence-electron chi connectivity index (χ3n) is 4.26. The van der Waals surface area contributed by atoms with E-state index in [1.54, 1.807) is 18.2 Å². The van der Waals surface area contributed by atoms with E-state index in [9.17, 15) is 9.59 Å². The number of ketones is 1. The second-order valence-electron chi connectivity index (χ2n) is 6.26. The smallest absolute Gasteiger partial charge is 0.338 e. The lowest BCUT2D eigenvalue weighted by Crippen LogP contribution is -2.15. The maximum atomic E-state index is 12.3. The number of aryl methyl sites for hydroxylation is 2. The molecule has 0 aliphatic carbocycles. The predicted molar refractivity (Wildman–Crippen MR) is 102 cm³/mol. The van der Waals surface area contributed by atoms with Crippen molar-refractivity contribution in [1.29, 1.82) is 0 Å². The largest absolute Gasteiger partial charge is 0.454 e. The first-order valence-corrected chi connectivity index (χ1v) is 8.47. The second-order valence-corrected chi connectivity index (χ2v) is 6.26. The fraction of sp³-hybridized carbons (Fsp3) is 0.130. The summed E-state index contributed by atoms with van der Waals surface area (Å²) in [4.78, 5) is 24.5. The van der Waals surface area contributed by atoms with Crippen molar-refractivity contribution in [3.05, 3.63) is 95.1 Å². The number of carbonyl (C=O) groups excluding carboxylic acids is 2. The lowest BCUT2D eigenvalue weighted by atomic mass is 10.0. The molecule has 3 aromatic rings. The van der Waals surface area contributed by atoms with Crippen LogP contribution in [0.5, 0.6) is 0 Å². The van der Waals surface area contributed by atoms with Crippen LogP contribution in [0.25, 0.3) is 11.1 Å². The molecule has 0 saturated heterocycles. The summed E-state index contributed by atoms with van der Waals surface area (Å²) in [5.74, 6) is -0.691. The summed E-state index contributed by atoms with van der Waals surface area (Å²) < 4.78 is 5.21. The number of ether oxygens (including phenoxy) is 1. The summed E-state index contributed by atoms with van der Waals surface area (Å²) in [5, 5.41) is 0. The first kappa shape index (κ1) is 17.6. The fourth-order valence-electron chi connectivity index (χ4n) is 2.73. The maximum absolute atomic E-state index is 12.3. The van der Waals surface area contributed by atoms with Crippen molar-refractivity contribution >= 4 is 11.8 Å². The van der Waals surface area contributed by atoms with E-state index in [2.05, 4.69) is 0 Å². The Kier molecular flexibility index (Phi) is 5.28. The van der Waals surface area contributed by atoms with Gasteiger partial charge in [0.1, 0.15) is 0 Å². The molecule has 0 aliphatic rings. The summed E-state index contributed by atoms with van der Waals surface area (Å²) in [5.41, 5.74) is 4.96. The number of carbonyl (C=O) groups is 2. The monoisotopic (exact) mass is 344 g/mol. The van der Waals surface area contributed by atoms with Crippen molar-refractivity contribution in [2.45, 2.75) is 13.8 Å². The number of benzene rings is 3. The van der Waals surface area contributed by atoms with Gasteiger partial charge in [-0.2, -0.15) is 0 Å². The summed E-state index contributed by atoms with van der Waals surface area (Å²) in [7, 11) is 0. The second kappa shape index (κ2) is 7.79. The van der Waals surface area contributed by atoms with Crippen molar-refractivity contribution < 1.29 is 14.3 Å². The molecule has 0 aromatic heterocycles. The Morgan fingerprint density at radius 1 is 0.808 bits per heavy atom. The zero-order valence-corrected chi connectivity index (χ0v) is 14.9. The molecule has 130 valence electrons. The third kappa shape index (κ3) is 4.06. The zero-order valence-electron chi connectivity index (χ0n) is 14.9. The molecule has 0 spiro atoms. The molecular formula is C23H20O3. The normalized spacial score (nSPS) is 10.4. The predicted octanol–water partition coefficient (Wildman–Crippen LogP) is 5.01. The highest BCUT2D eigenvalue weighted by Gasteiger charge is 2.14. The molecule has 0 N–H and O–H groups in total. The standard InChI is InChI=1S/C23H20O3/c1-16-8-9-17(2)21(14-16)23(25)26-15-22(24)20-12-10-19(11-13-20)18-6-4-3-5-7-18/h3-14H,15H2,1-2H3. The van der Waals surface area contributed by atoms with E-state index in [4.69, 9.17) is 4.74 Å². The lowest BCUT2D eigenvalue weighted by Gasteiger charge is -2.08. The van der Waals surface area contributed by atoms with Gasteiger partial charge >= 0.3 is 5.97 Å². The van der Waals surface area contributed by atoms with Gasteiger partial charge in [0, 0.05) is 5.56 Å². The van der Waals surface area contributed by atoms with E-state index < -0.39 is 5.97 Å². The van der Waals surface area contributed by atoms with Gasteiger partial charge in [0.25, 0.3) is 0 Å². The van der Waals surface area contributed by atoms with Gasteiger partial charge in [-0.3, -0.25) is 4.79 Å². The van der Waals surface area contributed by atoms with Gasteiger partial charge in [-0.25, -0.2) is 4.79 Å². The van der Waals surface area contributed by atoms with Crippen LogP contribution in [0.2, 0.25) is 0 Å². The van der Waals surface area contributed by atoms with Crippen LogP contribution in [0, 0.1) is 13.8 Å². The molecule has 3 nitrogen and oxygen atoms in total. The highest BCUT2D eigenvalue weighted by atomic mass is 16.5. The molecule has 0 unspecified atom stereocenters. The average Bonchev–Trinajstić information content (AvgIpc) is 2.68. The van der Waals surface area contributed by atoms with Crippen LogP contribution < -0.4 is 0 Å². The van der Waals surface area contributed by atoms with E-state index in [-0.39, 0.29) is 12.4 Å². The molecule has 0 fully saturated rings. The highest BCUT2D eigenvalue weighted by Crippen LogP contribution is 2.19. The molecule has 0 bridgehead atoms. The lowest BCUT2D eigenvalue weighted by molar-refractivity contribution is 0.0474. The average molecular weight is 344 g/mol. The van der Waals surface area contributed by atoms with E-state index in [1.165, 1.54) is 0 Å². The van der Waals surface area contributed by atoms with Crippen LogP contribution in [0.1, 0.15) is 31.8 Å². The van der Waals surface area contributed by atoms with Gasteiger partial charge < -0.3 is 4.74 Å². The summed E-state index contributed by atoms with van der Waals surface area (Å²) >= 11 is 0. The number of hydrogen-bond donors (Lipinski definition) is 0. The van der Waals surface area contributed by atoms with Gasteiger partial charge in [0.05, 0.1) is 5.56 Å². The van der Waals surface area contributed by atoms with Gasteiger partial charge in [0.15, 0.2) is 12.4 Å². The molecule has 0 atom stereocenters. The topological polar surface area (TPSA) is 43.4 Å². The molecule has 26 heavy (non-hydrogen) atoms. The van der Waals surface area contributed by atoms with E-state index in [1.807, 2.05) is 68.4 Å². The van der Waals surface area contributed by atoms with Gasteiger partial charge in [-0.15, -0.1) is 0 Å². The van der Waals surface area contributed by atoms with Crippen molar-refractivity contribution in [3.63, 3.8) is 0 Å². The van der Waals surface area contributed by atoms with E-state index in [0.29, 0.717) is 11.1 Å². The molecule has 3 heteroatoms. The first-order chi connectivity index (χ1) is 12.5. The summed E-state index contributed by atoms with van der Waals surface area (Å²) in [6.07, 6.45) is 0. The number of rotatable bonds is 5. The summed E-state index contributed by atoms with van der Waals surface area (Å²) in [6.45, 7) is 3.49. The van der Waals surface area contributed by atoms with Crippen LogP contribution >= 0.6 is 0 Å². The molecule has 0 heterocycles. The molecule has 0 amide bonds. The molecule has 0 radical (unpaired) electrons. The summed E-state index contributed by atoms with van der Waals surface area (Å²) in [6, 6.07) is 22.8. The van der Waals surface area contributed by atoms with Crippen molar-refractivity contribution in [1.82, 2.24) is 0 Å². The minimum atomic E-state index is -0.472. The Hall–Kier alpha value is -3.20. The Balaban J connectivity index is 1.65. The number of esters is 1. The van der Waals surface area contributed by atoms with Crippen LogP contribution in [-0.4, -0.2) is 18.4 Å². The Bertz CT molecular complexity index is 925. The van der Waals surface area contributed by atoms with Crippen LogP contribution in [-0.2, 0) is 4.74 Å². The van der Waals surface area contributed by atoms with Gasteiger partial charge in [-0.1, -0.05) is 72.3 Å². The Labute approximate surface area is 153 Å². The van der Waals surface area contributed by atoms with Crippen molar-refractivity contribution in [2.24, 2.45) is 0 Å². The molecule has 0 saturated carbocycles. The maximum Gasteiger partial charge on any atom is 0.338 e.